The normalized spacial score (nSPS) is 10.1. The molecule has 2 heterocycles. The summed E-state index contributed by atoms with van der Waals surface area (Å²) in [7, 11) is 0. The quantitative estimate of drug-likeness (QED) is 0.852. The van der Waals surface area contributed by atoms with Crippen LogP contribution in [0.3, 0.4) is 0 Å². The molecule has 4 nitrogen and oxygen atoms in total. The van der Waals surface area contributed by atoms with Gasteiger partial charge in [0.1, 0.15) is 11.5 Å². The monoisotopic (exact) mass is 216 g/mol. The molecule has 0 aromatic carbocycles. The number of aromatic nitrogens is 1. The van der Waals surface area contributed by atoms with Gasteiger partial charge in [-0.2, -0.15) is 0 Å². The Kier molecular flexibility index (Phi) is 3.00. The molecular weight excluding hydrogens is 204 g/mol. The standard InChI is InChI=1S/C12H12N2O2/c1-9-4-5-11(16-9)8-14-12(15)10-3-2-6-13-7-10/h2-7H,8H2,1H3,(H,14,15). The van der Waals surface area contributed by atoms with Crippen LogP contribution in [0.25, 0.3) is 0 Å². The van der Waals surface area contributed by atoms with Crippen molar-refractivity contribution in [2.45, 2.75) is 13.5 Å². The van der Waals surface area contributed by atoms with Crippen LogP contribution in [-0.2, 0) is 6.54 Å². The van der Waals surface area contributed by atoms with Gasteiger partial charge < -0.3 is 9.73 Å². The number of aryl methyl sites for hydroxylation is 1. The van der Waals surface area contributed by atoms with Gasteiger partial charge in [-0.15, -0.1) is 0 Å². The SMILES string of the molecule is Cc1ccc(CNC(=O)c2cccnc2)o1. The highest BCUT2D eigenvalue weighted by Crippen LogP contribution is 2.06. The zero-order valence-electron chi connectivity index (χ0n) is 8.93. The predicted octanol–water partition coefficient (Wildman–Crippen LogP) is 1.91. The Labute approximate surface area is 93.3 Å². The molecule has 0 fully saturated rings. The number of hydrogen-bond acceptors (Lipinski definition) is 3. The van der Waals surface area contributed by atoms with Crippen molar-refractivity contribution < 1.29 is 9.21 Å². The molecule has 0 unspecified atom stereocenters. The smallest absolute Gasteiger partial charge is 0.253 e. The first-order chi connectivity index (χ1) is 7.75. The van der Waals surface area contributed by atoms with Crippen LogP contribution in [0.2, 0.25) is 0 Å². The van der Waals surface area contributed by atoms with Gasteiger partial charge in [0.25, 0.3) is 5.91 Å². The van der Waals surface area contributed by atoms with E-state index in [0.717, 1.165) is 11.5 Å². The van der Waals surface area contributed by atoms with Gasteiger partial charge in [-0.25, -0.2) is 0 Å². The first-order valence-electron chi connectivity index (χ1n) is 4.99. The average Bonchev–Trinajstić information content (AvgIpc) is 2.73. The number of pyridine rings is 1. The summed E-state index contributed by atoms with van der Waals surface area (Å²) in [4.78, 5) is 15.5. The zero-order valence-corrected chi connectivity index (χ0v) is 8.93. The number of hydrogen-bond donors (Lipinski definition) is 1. The van der Waals surface area contributed by atoms with Crippen molar-refractivity contribution >= 4 is 5.91 Å². The fourth-order valence-electron chi connectivity index (χ4n) is 1.35. The summed E-state index contributed by atoms with van der Waals surface area (Å²) in [6.07, 6.45) is 3.16. The lowest BCUT2D eigenvalue weighted by Gasteiger charge is -2.02. The minimum Gasteiger partial charge on any atom is -0.465 e. The van der Waals surface area contributed by atoms with Crippen LogP contribution in [0, 0.1) is 6.92 Å². The molecule has 0 bridgehead atoms. The van der Waals surface area contributed by atoms with Gasteiger partial charge in [-0.3, -0.25) is 9.78 Å². The molecule has 0 saturated carbocycles. The van der Waals surface area contributed by atoms with E-state index >= 15 is 0 Å². The Balaban J connectivity index is 1.94. The average molecular weight is 216 g/mol. The van der Waals surface area contributed by atoms with E-state index in [-0.39, 0.29) is 5.91 Å². The third kappa shape index (κ3) is 2.48. The van der Waals surface area contributed by atoms with Crippen molar-refractivity contribution in [3.05, 3.63) is 53.7 Å². The minimum atomic E-state index is -0.151. The molecule has 16 heavy (non-hydrogen) atoms. The molecule has 0 radical (unpaired) electrons. The van der Waals surface area contributed by atoms with E-state index in [0.29, 0.717) is 12.1 Å². The molecule has 2 aromatic rings. The maximum absolute atomic E-state index is 11.6. The molecule has 0 saturated heterocycles. The Morgan fingerprint density at radius 3 is 2.94 bits per heavy atom. The highest BCUT2D eigenvalue weighted by molar-refractivity contribution is 5.93. The summed E-state index contributed by atoms with van der Waals surface area (Å²) >= 11 is 0. The lowest BCUT2D eigenvalue weighted by Crippen LogP contribution is -2.22. The number of carbonyl (C=O) groups excluding carboxylic acids is 1. The number of amides is 1. The van der Waals surface area contributed by atoms with E-state index in [1.807, 2.05) is 19.1 Å². The second-order valence-corrected chi connectivity index (χ2v) is 3.44. The molecule has 0 aliphatic heterocycles. The maximum atomic E-state index is 11.6. The molecular formula is C12H12N2O2. The Hall–Kier alpha value is -2.10. The number of nitrogens with one attached hydrogen (secondary N) is 1. The third-order valence-corrected chi connectivity index (χ3v) is 2.14. The van der Waals surface area contributed by atoms with Crippen molar-refractivity contribution in [2.75, 3.05) is 0 Å². The summed E-state index contributed by atoms with van der Waals surface area (Å²) in [6.45, 7) is 2.26. The predicted molar refractivity (Wildman–Crippen MR) is 58.9 cm³/mol. The van der Waals surface area contributed by atoms with Gasteiger partial charge in [0.2, 0.25) is 0 Å². The Morgan fingerprint density at radius 1 is 1.44 bits per heavy atom. The van der Waals surface area contributed by atoms with Crippen LogP contribution >= 0.6 is 0 Å². The van der Waals surface area contributed by atoms with Crippen LogP contribution in [-0.4, -0.2) is 10.9 Å². The van der Waals surface area contributed by atoms with Crippen LogP contribution in [0.5, 0.6) is 0 Å². The lowest BCUT2D eigenvalue weighted by atomic mass is 10.2. The Bertz CT molecular complexity index is 477. The second-order valence-electron chi connectivity index (χ2n) is 3.44. The van der Waals surface area contributed by atoms with Gasteiger partial charge in [0, 0.05) is 12.4 Å². The molecule has 0 aliphatic carbocycles. The number of carbonyl (C=O) groups is 1. The van der Waals surface area contributed by atoms with Crippen molar-refractivity contribution in [1.82, 2.24) is 10.3 Å². The van der Waals surface area contributed by atoms with E-state index in [1.54, 1.807) is 18.3 Å². The van der Waals surface area contributed by atoms with E-state index in [1.165, 1.54) is 6.20 Å². The third-order valence-electron chi connectivity index (χ3n) is 2.14. The molecule has 0 aliphatic rings. The van der Waals surface area contributed by atoms with E-state index in [4.69, 9.17) is 4.42 Å². The van der Waals surface area contributed by atoms with Crippen LogP contribution < -0.4 is 5.32 Å². The fraction of sp³-hybridized carbons (Fsp3) is 0.167. The summed E-state index contributed by atoms with van der Waals surface area (Å²) in [6, 6.07) is 7.16. The highest BCUT2D eigenvalue weighted by atomic mass is 16.3. The van der Waals surface area contributed by atoms with Gasteiger partial charge >= 0.3 is 0 Å². The second kappa shape index (κ2) is 4.61. The molecule has 1 amide bonds. The van der Waals surface area contributed by atoms with Gasteiger partial charge in [0.15, 0.2) is 0 Å². The summed E-state index contributed by atoms with van der Waals surface area (Å²) in [5, 5.41) is 2.76. The molecule has 4 heteroatoms. The molecule has 2 rings (SSSR count). The zero-order chi connectivity index (χ0) is 11.4. The molecule has 2 aromatic heterocycles. The van der Waals surface area contributed by atoms with Gasteiger partial charge in [-0.05, 0) is 31.2 Å². The van der Waals surface area contributed by atoms with Crippen LogP contribution in [0.15, 0.2) is 41.1 Å². The summed E-state index contributed by atoms with van der Waals surface area (Å²) in [5.74, 6) is 1.43. The first-order valence-corrected chi connectivity index (χ1v) is 4.99. The number of furan rings is 1. The summed E-state index contributed by atoms with van der Waals surface area (Å²) < 4.78 is 5.34. The van der Waals surface area contributed by atoms with E-state index in [2.05, 4.69) is 10.3 Å². The number of rotatable bonds is 3. The molecule has 82 valence electrons. The van der Waals surface area contributed by atoms with E-state index < -0.39 is 0 Å². The number of nitrogens with zero attached hydrogens (tertiary/aromatic N) is 1. The molecule has 1 N–H and O–H groups in total. The summed E-state index contributed by atoms with van der Waals surface area (Å²) in [5.41, 5.74) is 0.547. The topological polar surface area (TPSA) is 55.1 Å². The van der Waals surface area contributed by atoms with Crippen LogP contribution in [0.1, 0.15) is 21.9 Å². The Morgan fingerprint density at radius 2 is 2.31 bits per heavy atom. The van der Waals surface area contributed by atoms with Crippen LogP contribution in [0.4, 0.5) is 0 Å². The van der Waals surface area contributed by atoms with Gasteiger partial charge in [-0.1, -0.05) is 0 Å². The lowest BCUT2D eigenvalue weighted by molar-refractivity contribution is 0.0947. The van der Waals surface area contributed by atoms with Crippen molar-refractivity contribution in [3.63, 3.8) is 0 Å². The van der Waals surface area contributed by atoms with Crippen molar-refractivity contribution in [2.24, 2.45) is 0 Å². The van der Waals surface area contributed by atoms with Crippen molar-refractivity contribution in [1.29, 1.82) is 0 Å². The largest absolute Gasteiger partial charge is 0.465 e. The van der Waals surface area contributed by atoms with Crippen molar-refractivity contribution in [3.8, 4) is 0 Å². The fourth-order valence-corrected chi connectivity index (χ4v) is 1.35. The highest BCUT2D eigenvalue weighted by Gasteiger charge is 2.05. The minimum absolute atomic E-state index is 0.151. The van der Waals surface area contributed by atoms with E-state index in [9.17, 15) is 4.79 Å². The first kappa shape index (κ1) is 10.4. The maximum Gasteiger partial charge on any atom is 0.253 e. The van der Waals surface area contributed by atoms with Gasteiger partial charge in [0.05, 0.1) is 12.1 Å². The molecule has 0 spiro atoms. The molecule has 0 atom stereocenters.